The zero-order valence-electron chi connectivity index (χ0n) is 17.5. The molecule has 0 atom stereocenters. The number of fused-ring (bicyclic) bond motifs is 1. The number of rotatable bonds is 5. The maximum absolute atomic E-state index is 12.8. The number of hydrogen-bond acceptors (Lipinski definition) is 6. The third kappa shape index (κ3) is 3.76. The summed E-state index contributed by atoms with van der Waals surface area (Å²) in [4.78, 5) is 22.7. The highest BCUT2D eigenvalue weighted by Crippen LogP contribution is 2.32. The Morgan fingerprint density at radius 1 is 1.13 bits per heavy atom. The minimum Gasteiger partial charge on any atom is -0.496 e. The molecule has 0 fully saturated rings. The van der Waals surface area contributed by atoms with Gasteiger partial charge in [-0.05, 0) is 37.3 Å². The Balaban J connectivity index is 1.58. The fraction of sp³-hybridized carbons (Fsp3) is 0.304. The number of nitrogen functional groups attached to an aromatic ring is 1. The summed E-state index contributed by atoms with van der Waals surface area (Å²) < 4.78 is 11.0. The maximum atomic E-state index is 12.8. The second-order valence-corrected chi connectivity index (χ2v) is 7.51. The molecule has 0 saturated heterocycles. The SMILES string of the molecule is COc1ccc(CN2CCc3nc(-c4ccc(N)cc4)[nH]c(=O)c3C2)c(OC)c1C. The Morgan fingerprint density at radius 2 is 1.90 bits per heavy atom. The van der Waals surface area contributed by atoms with E-state index >= 15 is 0 Å². The van der Waals surface area contributed by atoms with Crippen LogP contribution in [0.1, 0.15) is 22.4 Å². The summed E-state index contributed by atoms with van der Waals surface area (Å²) in [6.07, 6.45) is 0.721. The van der Waals surface area contributed by atoms with Gasteiger partial charge in [-0.15, -0.1) is 0 Å². The predicted octanol–water partition coefficient (Wildman–Crippen LogP) is 2.90. The van der Waals surface area contributed by atoms with Gasteiger partial charge in [-0.3, -0.25) is 9.69 Å². The average molecular weight is 406 g/mol. The molecule has 0 saturated carbocycles. The summed E-state index contributed by atoms with van der Waals surface area (Å²) in [5, 5.41) is 0. The van der Waals surface area contributed by atoms with Crippen LogP contribution in [0.5, 0.6) is 11.5 Å². The van der Waals surface area contributed by atoms with Gasteiger partial charge in [0.15, 0.2) is 0 Å². The minimum absolute atomic E-state index is 0.0885. The van der Waals surface area contributed by atoms with Crippen LogP contribution in [0.25, 0.3) is 11.4 Å². The van der Waals surface area contributed by atoms with Crippen LogP contribution in [0.4, 0.5) is 5.69 Å². The molecule has 1 aliphatic heterocycles. The standard InChI is InChI=1S/C23H26N4O3/c1-14-20(29-2)9-6-16(21(14)30-3)12-27-11-10-19-18(13-27)23(28)26-22(25-19)15-4-7-17(24)8-5-15/h4-9H,10-13,24H2,1-3H3,(H,25,26,28). The summed E-state index contributed by atoms with van der Waals surface area (Å²) >= 11 is 0. The molecule has 4 rings (SSSR count). The molecule has 2 aromatic carbocycles. The number of nitrogens with one attached hydrogen (secondary N) is 1. The van der Waals surface area contributed by atoms with Gasteiger partial charge in [0.1, 0.15) is 17.3 Å². The Hall–Kier alpha value is -3.32. The van der Waals surface area contributed by atoms with E-state index in [1.165, 1.54) is 0 Å². The highest BCUT2D eigenvalue weighted by atomic mass is 16.5. The van der Waals surface area contributed by atoms with Crippen molar-refractivity contribution in [3.05, 3.63) is 69.1 Å². The highest BCUT2D eigenvalue weighted by Gasteiger charge is 2.23. The van der Waals surface area contributed by atoms with Crippen molar-refractivity contribution in [2.45, 2.75) is 26.4 Å². The summed E-state index contributed by atoms with van der Waals surface area (Å²) in [6.45, 7) is 4.04. The Bertz CT molecular complexity index is 1120. The van der Waals surface area contributed by atoms with Crippen LogP contribution < -0.4 is 20.8 Å². The first-order valence-electron chi connectivity index (χ1n) is 9.91. The van der Waals surface area contributed by atoms with E-state index in [0.29, 0.717) is 24.6 Å². The number of aromatic nitrogens is 2. The van der Waals surface area contributed by atoms with Crippen LogP contribution in [0.2, 0.25) is 0 Å². The number of hydrogen-bond donors (Lipinski definition) is 2. The molecular formula is C23H26N4O3. The van der Waals surface area contributed by atoms with Crippen molar-refractivity contribution in [1.29, 1.82) is 0 Å². The van der Waals surface area contributed by atoms with E-state index < -0.39 is 0 Å². The predicted molar refractivity (Wildman–Crippen MR) is 117 cm³/mol. The lowest BCUT2D eigenvalue weighted by atomic mass is 10.0. The first-order valence-corrected chi connectivity index (χ1v) is 9.91. The van der Waals surface area contributed by atoms with Crippen LogP contribution in [-0.4, -0.2) is 35.6 Å². The van der Waals surface area contributed by atoms with Crippen molar-refractivity contribution in [3.8, 4) is 22.9 Å². The summed E-state index contributed by atoms with van der Waals surface area (Å²) in [6, 6.07) is 11.3. The molecule has 30 heavy (non-hydrogen) atoms. The number of anilines is 1. The third-order valence-electron chi connectivity index (χ3n) is 5.59. The number of benzene rings is 2. The van der Waals surface area contributed by atoms with Crippen molar-refractivity contribution in [2.75, 3.05) is 26.5 Å². The van der Waals surface area contributed by atoms with Gasteiger partial charge in [0.25, 0.3) is 5.56 Å². The lowest BCUT2D eigenvalue weighted by Gasteiger charge is -2.28. The van der Waals surface area contributed by atoms with Crippen LogP contribution >= 0.6 is 0 Å². The lowest BCUT2D eigenvalue weighted by molar-refractivity contribution is 0.238. The summed E-state index contributed by atoms with van der Waals surface area (Å²) in [5.74, 6) is 2.21. The Kier molecular flexibility index (Phi) is 5.46. The number of ether oxygens (including phenoxy) is 2. The molecule has 0 bridgehead atoms. The van der Waals surface area contributed by atoms with Crippen molar-refractivity contribution in [1.82, 2.24) is 14.9 Å². The molecule has 1 aromatic heterocycles. The van der Waals surface area contributed by atoms with Crippen LogP contribution in [0, 0.1) is 6.92 Å². The summed E-state index contributed by atoms with van der Waals surface area (Å²) in [7, 11) is 3.32. The maximum Gasteiger partial charge on any atom is 0.255 e. The van der Waals surface area contributed by atoms with Crippen LogP contribution in [0.3, 0.4) is 0 Å². The molecule has 0 unspecified atom stereocenters. The van der Waals surface area contributed by atoms with Crippen molar-refractivity contribution in [2.24, 2.45) is 0 Å². The zero-order valence-corrected chi connectivity index (χ0v) is 17.5. The van der Waals surface area contributed by atoms with E-state index in [4.69, 9.17) is 20.2 Å². The van der Waals surface area contributed by atoms with Crippen LogP contribution in [0.15, 0.2) is 41.2 Å². The quantitative estimate of drug-likeness (QED) is 0.633. The fourth-order valence-electron chi connectivity index (χ4n) is 3.99. The molecule has 3 N–H and O–H groups in total. The molecule has 0 radical (unpaired) electrons. The molecule has 1 aliphatic rings. The normalized spacial score (nSPS) is 13.7. The first kappa shape index (κ1) is 20.0. The largest absolute Gasteiger partial charge is 0.496 e. The highest BCUT2D eigenvalue weighted by molar-refractivity contribution is 5.59. The van der Waals surface area contributed by atoms with Gasteiger partial charge in [0.2, 0.25) is 0 Å². The smallest absolute Gasteiger partial charge is 0.255 e. The molecule has 0 amide bonds. The molecule has 7 heteroatoms. The second-order valence-electron chi connectivity index (χ2n) is 7.51. The van der Waals surface area contributed by atoms with Gasteiger partial charge in [0, 0.05) is 48.4 Å². The monoisotopic (exact) mass is 406 g/mol. The number of H-pyrrole nitrogens is 1. The molecular weight excluding hydrogens is 380 g/mol. The average Bonchev–Trinajstić information content (AvgIpc) is 2.75. The number of methoxy groups -OCH3 is 2. The number of nitrogens with two attached hydrogens (primary N) is 1. The van der Waals surface area contributed by atoms with Gasteiger partial charge >= 0.3 is 0 Å². The van der Waals surface area contributed by atoms with E-state index in [-0.39, 0.29) is 5.56 Å². The number of nitrogens with zero attached hydrogens (tertiary/aromatic N) is 2. The van der Waals surface area contributed by atoms with E-state index in [1.807, 2.05) is 31.2 Å². The van der Waals surface area contributed by atoms with Gasteiger partial charge < -0.3 is 20.2 Å². The number of aromatic amines is 1. The second kappa shape index (κ2) is 8.20. The zero-order chi connectivity index (χ0) is 21.3. The molecule has 2 heterocycles. The van der Waals surface area contributed by atoms with Crippen LogP contribution in [-0.2, 0) is 19.5 Å². The van der Waals surface area contributed by atoms with Gasteiger partial charge in [-0.25, -0.2) is 4.98 Å². The van der Waals surface area contributed by atoms with E-state index in [1.54, 1.807) is 26.4 Å². The van der Waals surface area contributed by atoms with Gasteiger partial charge in [-0.1, -0.05) is 6.07 Å². The molecule has 3 aromatic rings. The fourth-order valence-corrected chi connectivity index (χ4v) is 3.99. The van der Waals surface area contributed by atoms with Gasteiger partial charge in [0.05, 0.1) is 25.5 Å². The van der Waals surface area contributed by atoms with E-state index in [0.717, 1.165) is 52.4 Å². The molecule has 0 spiro atoms. The van der Waals surface area contributed by atoms with Crippen molar-refractivity contribution < 1.29 is 9.47 Å². The summed E-state index contributed by atoms with van der Waals surface area (Å²) in [5.41, 5.74) is 10.8. The Labute approximate surface area is 175 Å². The first-order chi connectivity index (χ1) is 14.5. The molecule has 7 nitrogen and oxygen atoms in total. The van der Waals surface area contributed by atoms with Gasteiger partial charge in [-0.2, -0.15) is 0 Å². The minimum atomic E-state index is -0.0885. The topological polar surface area (TPSA) is 93.5 Å². The lowest BCUT2D eigenvalue weighted by Crippen LogP contribution is -2.35. The molecule has 156 valence electrons. The van der Waals surface area contributed by atoms with Crippen molar-refractivity contribution >= 4 is 5.69 Å². The van der Waals surface area contributed by atoms with E-state index in [2.05, 4.69) is 9.88 Å². The van der Waals surface area contributed by atoms with Crippen molar-refractivity contribution in [3.63, 3.8) is 0 Å². The Morgan fingerprint density at radius 3 is 2.60 bits per heavy atom. The third-order valence-corrected chi connectivity index (χ3v) is 5.59. The van der Waals surface area contributed by atoms with E-state index in [9.17, 15) is 4.79 Å². The molecule has 0 aliphatic carbocycles.